The number of rotatable bonds is 6. The number of anilines is 1. The number of aromatic nitrogens is 3. The highest BCUT2D eigenvalue weighted by Crippen LogP contribution is 2.42. The van der Waals surface area contributed by atoms with E-state index in [0.29, 0.717) is 16.6 Å². The lowest BCUT2D eigenvalue weighted by Gasteiger charge is -2.08. The molecule has 0 spiro atoms. The zero-order chi connectivity index (χ0) is 19.6. The van der Waals surface area contributed by atoms with Crippen LogP contribution in [0.25, 0.3) is 5.69 Å². The molecule has 0 bridgehead atoms. The van der Waals surface area contributed by atoms with E-state index >= 15 is 0 Å². The van der Waals surface area contributed by atoms with Gasteiger partial charge in [0.2, 0.25) is 0 Å². The van der Waals surface area contributed by atoms with Crippen molar-refractivity contribution in [3.8, 4) is 5.69 Å². The van der Waals surface area contributed by atoms with Gasteiger partial charge < -0.3 is 0 Å². The van der Waals surface area contributed by atoms with Crippen molar-refractivity contribution >= 4 is 22.4 Å². The number of thiazole rings is 1. The SMILES string of the molecule is O=C(Nc1ncc(Cc2ccccc2)s1)c1cnn(-c2ccccc2)c1C1CC1. The fourth-order valence-electron chi connectivity index (χ4n) is 3.47. The molecule has 2 aromatic heterocycles. The van der Waals surface area contributed by atoms with Crippen LogP contribution in [0, 0.1) is 0 Å². The molecule has 0 atom stereocenters. The van der Waals surface area contributed by atoms with Crippen LogP contribution in [-0.2, 0) is 6.42 Å². The van der Waals surface area contributed by atoms with Crippen molar-refractivity contribution in [1.29, 1.82) is 0 Å². The van der Waals surface area contributed by atoms with Crippen LogP contribution in [0.2, 0.25) is 0 Å². The molecule has 6 heteroatoms. The lowest BCUT2D eigenvalue weighted by molar-refractivity contribution is 0.102. The summed E-state index contributed by atoms with van der Waals surface area (Å²) in [5.41, 5.74) is 3.84. The Balaban J connectivity index is 1.36. The van der Waals surface area contributed by atoms with Crippen LogP contribution in [0.5, 0.6) is 0 Å². The highest BCUT2D eigenvalue weighted by Gasteiger charge is 2.33. The predicted octanol–water partition coefficient (Wildman–Crippen LogP) is 5.05. The summed E-state index contributed by atoms with van der Waals surface area (Å²) in [5, 5.41) is 8.10. The Morgan fingerprint density at radius 3 is 2.48 bits per heavy atom. The molecule has 1 aliphatic carbocycles. The summed E-state index contributed by atoms with van der Waals surface area (Å²) >= 11 is 1.51. The van der Waals surface area contributed by atoms with Crippen molar-refractivity contribution in [2.75, 3.05) is 5.32 Å². The lowest BCUT2D eigenvalue weighted by Crippen LogP contribution is -2.14. The Kier molecular flexibility index (Phi) is 4.69. The molecule has 144 valence electrons. The number of nitrogens with zero attached hydrogens (tertiary/aromatic N) is 3. The first-order valence-corrected chi connectivity index (χ1v) is 10.5. The van der Waals surface area contributed by atoms with Gasteiger partial charge in [-0.2, -0.15) is 5.10 Å². The molecule has 1 saturated carbocycles. The van der Waals surface area contributed by atoms with E-state index in [1.54, 1.807) is 6.20 Å². The van der Waals surface area contributed by atoms with Crippen molar-refractivity contribution in [2.24, 2.45) is 0 Å². The summed E-state index contributed by atoms with van der Waals surface area (Å²) in [6.45, 7) is 0. The average molecular weight is 401 g/mol. The Hall–Kier alpha value is -3.25. The van der Waals surface area contributed by atoms with Crippen molar-refractivity contribution < 1.29 is 4.79 Å². The minimum Gasteiger partial charge on any atom is -0.298 e. The molecule has 29 heavy (non-hydrogen) atoms. The Morgan fingerprint density at radius 1 is 1.03 bits per heavy atom. The molecule has 0 unspecified atom stereocenters. The van der Waals surface area contributed by atoms with Gasteiger partial charge in [-0.25, -0.2) is 9.67 Å². The third-order valence-corrected chi connectivity index (χ3v) is 5.92. The van der Waals surface area contributed by atoms with Gasteiger partial charge in [-0.1, -0.05) is 48.5 Å². The number of hydrogen-bond acceptors (Lipinski definition) is 4. The van der Waals surface area contributed by atoms with Crippen LogP contribution >= 0.6 is 11.3 Å². The van der Waals surface area contributed by atoms with Gasteiger partial charge in [0.15, 0.2) is 5.13 Å². The van der Waals surface area contributed by atoms with Crippen LogP contribution in [0.15, 0.2) is 73.1 Å². The second-order valence-corrected chi connectivity index (χ2v) is 8.33. The van der Waals surface area contributed by atoms with Crippen LogP contribution < -0.4 is 5.32 Å². The van der Waals surface area contributed by atoms with E-state index in [0.717, 1.165) is 35.5 Å². The first kappa shape index (κ1) is 17.8. The molecule has 0 saturated heterocycles. The van der Waals surface area contributed by atoms with Crippen LogP contribution in [0.3, 0.4) is 0 Å². The van der Waals surface area contributed by atoms with E-state index in [4.69, 9.17) is 0 Å². The molecule has 5 nitrogen and oxygen atoms in total. The van der Waals surface area contributed by atoms with E-state index in [1.807, 2.05) is 59.4 Å². The number of amides is 1. The van der Waals surface area contributed by atoms with Crippen LogP contribution in [-0.4, -0.2) is 20.7 Å². The second-order valence-electron chi connectivity index (χ2n) is 7.21. The Bertz CT molecular complexity index is 1130. The summed E-state index contributed by atoms with van der Waals surface area (Å²) in [5.74, 6) is 0.248. The molecule has 1 amide bonds. The van der Waals surface area contributed by atoms with Gasteiger partial charge in [-0.05, 0) is 30.5 Å². The van der Waals surface area contributed by atoms with E-state index in [2.05, 4.69) is 27.5 Å². The predicted molar refractivity (Wildman–Crippen MR) is 115 cm³/mol. The zero-order valence-electron chi connectivity index (χ0n) is 15.8. The molecule has 5 rings (SSSR count). The Labute approximate surface area is 173 Å². The maximum Gasteiger partial charge on any atom is 0.260 e. The topological polar surface area (TPSA) is 59.8 Å². The first-order valence-electron chi connectivity index (χ1n) is 9.71. The van der Waals surface area contributed by atoms with Crippen molar-refractivity contribution in [1.82, 2.24) is 14.8 Å². The van der Waals surface area contributed by atoms with Gasteiger partial charge in [0.05, 0.1) is 23.1 Å². The van der Waals surface area contributed by atoms with Gasteiger partial charge in [-0.3, -0.25) is 10.1 Å². The van der Waals surface area contributed by atoms with Crippen molar-refractivity contribution in [3.05, 3.63) is 94.8 Å². The summed E-state index contributed by atoms with van der Waals surface area (Å²) < 4.78 is 1.90. The summed E-state index contributed by atoms with van der Waals surface area (Å²) in [4.78, 5) is 18.5. The maximum absolute atomic E-state index is 13.0. The molecular formula is C23H20N4OS. The fourth-order valence-corrected chi connectivity index (χ4v) is 4.31. The molecule has 1 aliphatic rings. The third kappa shape index (κ3) is 3.84. The fraction of sp³-hybridized carbons (Fsp3) is 0.174. The summed E-state index contributed by atoms with van der Waals surface area (Å²) in [7, 11) is 0. The summed E-state index contributed by atoms with van der Waals surface area (Å²) in [6.07, 6.45) is 6.51. The zero-order valence-corrected chi connectivity index (χ0v) is 16.6. The highest BCUT2D eigenvalue weighted by molar-refractivity contribution is 7.15. The molecule has 0 radical (unpaired) electrons. The normalized spacial score (nSPS) is 13.4. The number of benzene rings is 2. The maximum atomic E-state index is 13.0. The number of carbonyl (C=O) groups is 1. The third-order valence-electron chi connectivity index (χ3n) is 5.01. The van der Waals surface area contributed by atoms with E-state index in [9.17, 15) is 4.79 Å². The van der Waals surface area contributed by atoms with E-state index < -0.39 is 0 Å². The average Bonchev–Trinajstić information content (AvgIpc) is 3.34. The van der Waals surface area contributed by atoms with Crippen LogP contribution in [0.1, 0.15) is 45.3 Å². The minimum atomic E-state index is -0.144. The van der Waals surface area contributed by atoms with Gasteiger partial charge in [0, 0.05) is 23.4 Å². The second kappa shape index (κ2) is 7.64. The smallest absolute Gasteiger partial charge is 0.260 e. The number of hydrogen-bond donors (Lipinski definition) is 1. The van der Waals surface area contributed by atoms with E-state index in [-0.39, 0.29) is 5.91 Å². The molecule has 0 aliphatic heterocycles. The lowest BCUT2D eigenvalue weighted by atomic mass is 10.1. The number of carbonyl (C=O) groups excluding carboxylic acids is 1. The van der Waals surface area contributed by atoms with Gasteiger partial charge >= 0.3 is 0 Å². The van der Waals surface area contributed by atoms with Gasteiger partial charge in [-0.15, -0.1) is 11.3 Å². The summed E-state index contributed by atoms with van der Waals surface area (Å²) in [6, 6.07) is 20.2. The minimum absolute atomic E-state index is 0.144. The van der Waals surface area contributed by atoms with E-state index in [1.165, 1.54) is 16.9 Å². The number of nitrogens with one attached hydrogen (secondary N) is 1. The standard InChI is InChI=1S/C23H20N4OS/c28-22(26-23-24-14-19(29-23)13-16-7-3-1-4-8-16)20-15-25-27(21(20)17-11-12-17)18-9-5-2-6-10-18/h1-10,14-15,17H,11-13H2,(H,24,26,28). The van der Waals surface area contributed by atoms with Crippen molar-refractivity contribution in [2.45, 2.75) is 25.2 Å². The van der Waals surface area contributed by atoms with Gasteiger partial charge in [0.25, 0.3) is 5.91 Å². The Morgan fingerprint density at radius 2 is 1.76 bits per heavy atom. The van der Waals surface area contributed by atoms with Gasteiger partial charge in [0.1, 0.15) is 0 Å². The molecule has 2 heterocycles. The quantitative estimate of drug-likeness (QED) is 0.493. The monoisotopic (exact) mass is 400 g/mol. The van der Waals surface area contributed by atoms with Crippen molar-refractivity contribution in [3.63, 3.8) is 0 Å². The molecule has 2 aromatic carbocycles. The molecule has 1 fully saturated rings. The first-order chi connectivity index (χ1) is 14.3. The number of para-hydroxylation sites is 1. The molecule has 1 N–H and O–H groups in total. The molecule has 4 aromatic rings. The molecular weight excluding hydrogens is 380 g/mol. The largest absolute Gasteiger partial charge is 0.298 e. The highest BCUT2D eigenvalue weighted by atomic mass is 32.1. The van der Waals surface area contributed by atoms with Crippen LogP contribution in [0.4, 0.5) is 5.13 Å².